The number of aromatic nitrogens is 3. The molecule has 0 N–H and O–H groups in total. The quantitative estimate of drug-likeness (QED) is 0.725. The second kappa shape index (κ2) is 4.82. The van der Waals surface area contributed by atoms with Crippen LogP contribution in [0.25, 0.3) is 0 Å². The van der Waals surface area contributed by atoms with Crippen molar-refractivity contribution in [2.24, 2.45) is 0 Å². The number of halogens is 1. The lowest BCUT2D eigenvalue weighted by Crippen LogP contribution is -2.02. The second-order valence-corrected chi connectivity index (χ2v) is 4.55. The van der Waals surface area contributed by atoms with E-state index in [9.17, 15) is 0 Å². The Bertz CT molecular complexity index is 295. The molecule has 4 heteroatoms. The molecule has 0 bridgehead atoms. The smallest absolute Gasteiger partial charge is 0.218 e. The van der Waals surface area contributed by atoms with E-state index in [0.717, 1.165) is 5.69 Å². The van der Waals surface area contributed by atoms with Crippen molar-refractivity contribution < 1.29 is 0 Å². The fourth-order valence-corrected chi connectivity index (χ4v) is 2.36. The van der Waals surface area contributed by atoms with Gasteiger partial charge in [0.15, 0.2) is 0 Å². The van der Waals surface area contributed by atoms with Crippen molar-refractivity contribution in [1.29, 1.82) is 0 Å². The molecule has 1 saturated carbocycles. The van der Waals surface area contributed by atoms with Crippen LogP contribution in [0.2, 0.25) is 0 Å². The van der Waals surface area contributed by atoms with Gasteiger partial charge in [-0.05, 0) is 28.8 Å². The largest absolute Gasteiger partial charge is 0.224 e. The van der Waals surface area contributed by atoms with E-state index in [-0.39, 0.29) is 0 Å². The summed E-state index contributed by atoms with van der Waals surface area (Å²) in [5.74, 6) is 0.601. The van der Waals surface area contributed by atoms with Crippen molar-refractivity contribution in [1.82, 2.24) is 15.2 Å². The molecule has 1 aromatic rings. The average Bonchev–Trinajstić information content (AvgIpc) is 2.45. The van der Waals surface area contributed by atoms with E-state index in [4.69, 9.17) is 0 Å². The Balaban J connectivity index is 2.12. The molecule has 1 aliphatic rings. The highest BCUT2D eigenvalue weighted by Gasteiger charge is 2.16. The molecule has 2 rings (SSSR count). The van der Waals surface area contributed by atoms with Crippen LogP contribution in [0.15, 0.2) is 10.9 Å². The van der Waals surface area contributed by atoms with E-state index < -0.39 is 0 Å². The highest BCUT2D eigenvalue weighted by Crippen LogP contribution is 2.30. The Hall–Kier alpha value is -0.510. The fraction of sp³-hybridized carbons (Fsp3) is 0.700. The lowest BCUT2D eigenvalue weighted by Gasteiger charge is -2.11. The van der Waals surface area contributed by atoms with Gasteiger partial charge in [-0.2, -0.15) is 5.10 Å². The maximum absolute atomic E-state index is 4.38. The van der Waals surface area contributed by atoms with E-state index in [0.29, 0.717) is 10.7 Å². The summed E-state index contributed by atoms with van der Waals surface area (Å²) in [7, 11) is 0. The monoisotopic (exact) mass is 255 g/mol. The van der Waals surface area contributed by atoms with Gasteiger partial charge in [-0.25, -0.2) is 4.98 Å². The molecule has 0 atom stereocenters. The van der Waals surface area contributed by atoms with Crippen LogP contribution in [-0.2, 0) is 0 Å². The van der Waals surface area contributed by atoms with E-state index in [1.54, 1.807) is 6.20 Å². The topological polar surface area (TPSA) is 38.7 Å². The third-order valence-electron chi connectivity index (χ3n) is 2.83. The molecular formula is C10H14BrN3. The van der Waals surface area contributed by atoms with E-state index >= 15 is 0 Å². The normalized spacial score (nSPS) is 19.2. The Morgan fingerprint density at radius 3 is 2.50 bits per heavy atom. The van der Waals surface area contributed by atoms with Crippen molar-refractivity contribution in [3.63, 3.8) is 0 Å². The molecule has 0 radical (unpaired) electrons. The highest BCUT2D eigenvalue weighted by molar-refractivity contribution is 9.10. The average molecular weight is 256 g/mol. The molecule has 0 aliphatic heterocycles. The van der Waals surface area contributed by atoms with E-state index in [1.165, 1.54) is 38.5 Å². The van der Waals surface area contributed by atoms with Gasteiger partial charge in [0.25, 0.3) is 0 Å². The van der Waals surface area contributed by atoms with Crippen LogP contribution in [0.3, 0.4) is 0 Å². The Labute approximate surface area is 92.5 Å². The summed E-state index contributed by atoms with van der Waals surface area (Å²) in [6.07, 6.45) is 9.71. The molecule has 1 aromatic heterocycles. The Kier molecular flexibility index (Phi) is 3.45. The zero-order chi connectivity index (χ0) is 9.80. The van der Waals surface area contributed by atoms with Gasteiger partial charge in [-0.1, -0.05) is 25.7 Å². The van der Waals surface area contributed by atoms with Gasteiger partial charge < -0.3 is 0 Å². The van der Waals surface area contributed by atoms with Crippen LogP contribution in [0.4, 0.5) is 0 Å². The van der Waals surface area contributed by atoms with Gasteiger partial charge in [0.1, 0.15) is 0 Å². The maximum atomic E-state index is 4.38. The van der Waals surface area contributed by atoms with Gasteiger partial charge in [-0.3, -0.25) is 0 Å². The molecule has 0 spiro atoms. The SMILES string of the molecule is Brc1nncc(C2CCCCCC2)n1. The van der Waals surface area contributed by atoms with Gasteiger partial charge in [0.2, 0.25) is 4.73 Å². The third-order valence-corrected chi connectivity index (χ3v) is 3.16. The lowest BCUT2D eigenvalue weighted by molar-refractivity contribution is 0.569. The lowest BCUT2D eigenvalue weighted by atomic mass is 9.97. The maximum Gasteiger partial charge on any atom is 0.218 e. The Morgan fingerprint density at radius 2 is 1.86 bits per heavy atom. The molecule has 1 fully saturated rings. The summed E-state index contributed by atoms with van der Waals surface area (Å²) in [4.78, 5) is 4.38. The summed E-state index contributed by atoms with van der Waals surface area (Å²) in [6, 6.07) is 0. The molecule has 3 nitrogen and oxygen atoms in total. The first-order valence-corrected chi connectivity index (χ1v) is 6.00. The van der Waals surface area contributed by atoms with Crippen LogP contribution >= 0.6 is 15.9 Å². The van der Waals surface area contributed by atoms with Gasteiger partial charge >= 0.3 is 0 Å². The summed E-state index contributed by atoms with van der Waals surface area (Å²) < 4.78 is 0.610. The first-order valence-electron chi connectivity index (χ1n) is 5.21. The van der Waals surface area contributed by atoms with Crippen LogP contribution < -0.4 is 0 Å². The zero-order valence-corrected chi connectivity index (χ0v) is 9.70. The van der Waals surface area contributed by atoms with Gasteiger partial charge in [0, 0.05) is 5.92 Å². The second-order valence-electron chi connectivity index (χ2n) is 3.84. The van der Waals surface area contributed by atoms with E-state index in [2.05, 4.69) is 31.1 Å². The van der Waals surface area contributed by atoms with Crippen molar-refractivity contribution in [2.75, 3.05) is 0 Å². The highest BCUT2D eigenvalue weighted by atomic mass is 79.9. The molecule has 0 unspecified atom stereocenters. The number of hydrogen-bond acceptors (Lipinski definition) is 3. The molecule has 0 aromatic carbocycles. The molecule has 0 amide bonds. The summed E-state index contributed by atoms with van der Waals surface area (Å²) in [5.41, 5.74) is 1.11. The first-order chi connectivity index (χ1) is 6.86. The van der Waals surface area contributed by atoms with Crippen LogP contribution in [0.5, 0.6) is 0 Å². The van der Waals surface area contributed by atoms with Crippen molar-refractivity contribution in [2.45, 2.75) is 44.4 Å². The zero-order valence-electron chi connectivity index (χ0n) is 8.12. The molecular weight excluding hydrogens is 242 g/mol. The summed E-state index contributed by atoms with van der Waals surface area (Å²) in [6.45, 7) is 0. The van der Waals surface area contributed by atoms with Crippen molar-refractivity contribution in [3.05, 3.63) is 16.6 Å². The van der Waals surface area contributed by atoms with Crippen LogP contribution in [0, 0.1) is 0 Å². The van der Waals surface area contributed by atoms with E-state index in [1.807, 2.05) is 0 Å². The van der Waals surface area contributed by atoms with Gasteiger partial charge in [0.05, 0.1) is 11.9 Å². The number of rotatable bonds is 1. The number of nitrogens with zero attached hydrogens (tertiary/aromatic N) is 3. The standard InChI is InChI=1S/C10H14BrN3/c11-10-13-9(7-12-14-10)8-5-3-1-2-4-6-8/h7-8H,1-6H2. The predicted molar refractivity (Wildman–Crippen MR) is 58.0 cm³/mol. The van der Waals surface area contributed by atoms with Crippen molar-refractivity contribution in [3.8, 4) is 0 Å². The molecule has 14 heavy (non-hydrogen) atoms. The minimum atomic E-state index is 0.601. The Morgan fingerprint density at radius 1 is 1.14 bits per heavy atom. The summed E-state index contributed by atoms with van der Waals surface area (Å²) >= 11 is 3.26. The predicted octanol–water partition coefficient (Wildman–Crippen LogP) is 3.07. The fourth-order valence-electron chi connectivity index (χ4n) is 2.07. The van der Waals surface area contributed by atoms with Crippen molar-refractivity contribution >= 4 is 15.9 Å². The molecule has 0 saturated heterocycles. The molecule has 1 heterocycles. The summed E-state index contributed by atoms with van der Waals surface area (Å²) in [5, 5.41) is 7.74. The van der Waals surface area contributed by atoms with Crippen LogP contribution in [-0.4, -0.2) is 15.2 Å². The molecule has 1 aliphatic carbocycles. The van der Waals surface area contributed by atoms with Crippen LogP contribution in [0.1, 0.15) is 50.1 Å². The third kappa shape index (κ3) is 2.50. The van der Waals surface area contributed by atoms with Gasteiger partial charge in [-0.15, -0.1) is 5.10 Å². The minimum Gasteiger partial charge on any atom is -0.224 e. The number of hydrogen-bond donors (Lipinski definition) is 0. The molecule has 76 valence electrons. The minimum absolute atomic E-state index is 0.601. The first kappa shape index (κ1) is 10.0.